The fourth-order valence-corrected chi connectivity index (χ4v) is 12.9. The molecule has 0 aliphatic rings. The standard InChI is InChI=1S/C81H46F5N7/c82-77-76(78(83)80(85)81(86)79(77)84)65-46-74(92-70-25-21-52(56-29-33-88-66(41-56)48-13-5-1-6-14-48)37-61(70)62-38-53(22-26-71(62)92)57-30-34-89-67(42-57)49-15-7-2-8-16-49)60(47-87)45-75(65)93-72-27-23-54(58-31-35-90-68(43-58)50-17-9-3-10-18-50)39-63(72)64-40-55(24-28-73(64)93)59-32-36-91-69(44-59)51-19-11-4-12-20-51/h1-46H. The van der Waals surface area contributed by atoms with Crippen molar-refractivity contribution in [2.75, 3.05) is 0 Å². The number of aromatic nitrogens is 6. The third kappa shape index (κ3) is 9.74. The first-order chi connectivity index (χ1) is 45.6. The van der Waals surface area contributed by atoms with Gasteiger partial charge in [-0.3, -0.25) is 19.9 Å². The van der Waals surface area contributed by atoms with Gasteiger partial charge in [-0.1, -0.05) is 146 Å². The van der Waals surface area contributed by atoms with Crippen LogP contribution in [0.25, 0.3) is 156 Å². The molecule has 16 rings (SSSR count). The molecule has 0 bridgehead atoms. The van der Waals surface area contributed by atoms with Crippen LogP contribution in [-0.2, 0) is 0 Å². The number of nitrogens with zero attached hydrogens (tertiary/aromatic N) is 7. The molecule has 7 nitrogen and oxygen atoms in total. The topological polar surface area (TPSA) is 85.2 Å². The highest BCUT2D eigenvalue weighted by Crippen LogP contribution is 2.46. The Morgan fingerprint density at radius 1 is 0.269 bits per heavy atom. The molecule has 0 unspecified atom stereocenters. The molecule has 0 N–H and O–H groups in total. The fraction of sp³-hybridized carbons (Fsp3) is 0. The highest BCUT2D eigenvalue weighted by molar-refractivity contribution is 6.14. The molecule has 6 heterocycles. The maximum absolute atomic E-state index is 17.2. The van der Waals surface area contributed by atoms with Crippen molar-refractivity contribution in [3.05, 3.63) is 314 Å². The Balaban J connectivity index is 0.954. The number of pyridine rings is 4. The number of nitriles is 1. The minimum Gasteiger partial charge on any atom is -0.309 e. The van der Waals surface area contributed by atoms with Gasteiger partial charge in [-0.05, 0) is 154 Å². The summed E-state index contributed by atoms with van der Waals surface area (Å²) >= 11 is 0. The van der Waals surface area contributed by atoms with E-state index in [0.29, 0.717) is 32.8 Å². The zero-order chi connectivity index (χ0) is 62.8. The van der Waals surface area contributed by atoms with E-state index in [1.54, 1.807) is 29.4 Å². The molecule has 0 fully saturated rings. The summed E-state index contributed by atoms with van der Waals surface area (Å²) in [7, 11) is 0. The van der Waals surface area contributed by atoms with Crippen molar-refractivity contribution >= 4 is 43.6 Å². The maximum atomic E-state index is 17.2. The predicted molar refractivity (Wildman–Crippen MR) is 360 cm³/mol. The van der Waals surface area contributed by atoms with E-state index in [1.807, 2.05) is 235 Å². The molecule has 0 saturated carbocycles. The monoisotopic (exact) mass is 1210 g/mol. The van der Waals surface area contributed by atoms with Crippen molar-refractivity contribution in [1.29, 1.82) is 5.26 Å². The summed E-state index contributed by atoms with van der Waals surface area (Å²) < 4.78 is 85.4. The number of hydrogen-bond donors (Lipinski definition) is 0. The normalized spacial score (nSPS) is 11.5. The SMILES string of the molecule is N#Cc1cc(-n2c3ccc(-c4ccnc(-c5ccccc5)c4)cc3c3cc(-c4ccnc(-c5ccccc5)c4)ccc32)c(-c2c(F)c(F)c(F)c(F)c2F)cc1-n1c2ccc(-c3ccnc(-c4ccccc4)c3)cc2c2cc(-c3ccnc(-c4ccccc4)c3)ccc21. The van der Waals surface area contributed by atoms with Crippen LogP contribution in [0.2, 0.25) is 0 Å². The zero-order valence-corrected chi connectivity index (χ0v) is 49.1. The van der Waals surface area contributed by atoms with Crippen molar-refractivity contribution in [1.82, 2.24) is 29.1 Å². The van der Waals surface area contributed by atoms with Crippen LogP contribution in [0.1, 0.15) is 5.56 Å². The van der Waals surface area contributed by atoms with Crippen LogP contribution in [0.5, 0.6) is 0 Å². The lowest BCUT2D eigenvalue weighted by molar-refractivity contribution is 0.381. The summed E-state index contributed by atoms with van der Waals surface area (Å²) in [6.45, 7) is 0. The molecular formula is C81H46F5N7. The highest BCUT2D eigenvalue weighted by atomic mass is 19.2. The van der Waals surface area contributed by atoms with Crippen molar-refractivity contribution < 1.29 is 22.0 Å². The van der Waals surface area contributed by atoms with Gasteiger partial charge in [0.05, 0.1) is 67.3 Å². The van der Waals surface area contributed by atoms with E-state index in [4.69, 9.17) is 9.97 Å². The number of hydrogen-bond acceptors (Lipinski definition) is 5. The van der Waals surface area contributed by atoms with Gasteiger partial charge in [0.25, 0.3) is 0 Å². The average Bonchev–Trinajstić information content (AvgIpc) is 1.58. The van der Waals surface area contributed by atoms with Crippen molar-refractivity contribution in [2.45, 2.75) is 0 Å². The predicted octanol–water partition coefficient (Wildman–Crippen LogP) is 21.0. The summed E-state index contributed by atoms with van der Waals surface area (Å²) in [4.78, 5) is 18.8. The van der Waals surface area contributed by atoms with E-state index in [2.05, 4.69) is 28.2 Å². The molecule has 93 heavy (non-hydrogen) atoms. The quantitative estimate of drug-likeness (QED) is 0.0732. The number of fused-ring (bicyclic) bond motifs is 6. The van der Waals surface area contributed by atoms with Gasteiger partial charge in [0.2, 0.25) is 5.82 Å². The lowest BCUT2D eigenvalue weighted by atomic mass is 9.97. The molecule has 0 atom stereocenters. The number of halogens is 5. The first-order valence-electron chi connectivity index (χ1n) is 30.0. The first-order valence-corrected chi connectivity index (χ1v) is 30.0. The Morgan fingerprint density at radius 3 is 0.849 bits per heavy atom. The van der Waals surface area contributed by atoms with E-state index in [1.165, 1.54) is 12.1 Å². The van der Waals surface area contributed by atoms with Gasteiger partial charge in [0, 0.05) is 74.1 Å². The average molecular weight is 1210 g/mol. The second kappa shape index (κ2) is 22.8. The van der Waals surface area contributed by atoms with Crippen LogP contribution in [0, 0.1) is 40.4 Å². The Labute approximate surface area is 529 Å². The molecular weight excluding hydrogens is 1170 g/mol. The maximum Gasteiger partial charge on any atom is 0.200 e. The van der Waals surface area contributed by atoms with Crippen molar-refractivity contribution in [3.8, 4) is 118 Å². The van der Waals surface area contributed by atoms with E-state index < -0.39 is 34.6 Å². The smallest absolute Gasteiger partial charge is 0.200 e. The molecule has 0 spiro atoms. The van der Waals surface area contributed by atoms with E-state index in [9.17, 15) is 5.26 Å². The summed E-state index contributed by atoms with van der Waals surface area (Å²) in [5.41, 5.74) is 14.3. The molecule has 0 amide bonds. The molecule has 6 aromatic heterocycles. The third-order valence-corrected chi connectivity index (χ3v) is 17.4. The third-order valence-electron chi connectivity index (χ3n) is 17.4. The van der Waals surface area contributed by atoms with Gasteiger partial charge in [-0.25, -0.2) is 22.0 Å². The van der Waals surface area contributed by atoms with Gasteiger partial charge in [-0.15, -0.1) is 0 Å². The lowest BCUT2D eigenvalue weighted by Crippen LogP contribution is -2.08. The number of rotatable bonds is 11. The molecule has 10 aromatic carbocycles. The lowest BCUT2D eigenvalue weighted by Gasteiger charge is -2.20. The van der Waals surface area contributed by atoms with Crippen molar-refractivity contribution in [3.63, 3.8) is 0 Å². The molecule has 16 aromatic rings. The molecule has 12 heteroatoms. The summed E-state index contributed by atoms with van der Waals surface area (Å²) in [6, 6.07) is 83.8. The molecule has 0 aliphatic carbocycles. The van der Waals surface area contributed by atoms with Gasteiger partial charge in [0.1, 0.15) is 6.07 Å². The summed E-state index contributed by atoms with van der Waals surface area (Å²) in [6.07, 6.45) is 7.02. The van der Waals surface area contributed by atoms with Gasteiger partial charge >= 0.3 is 0 Å². The van der Waals surface area contributed by atoms with Gasteiger partial charge in [-0.2, -0.15) is 5.26 Å². The summed E-state index contributed by atoms with van der Waals surface area (Å²) in [5.74, 6) is -10.6. The second-order valence-electron chi connectivity index (χ2n) is 22.7. The minimum absolute atomic E-state index is 0.0197. The first kappa shape index (κ1) is 55.8. The number of benzene rings is 10. The Hall–Kier alpha value is -12.5. The van der Waals surface area contributed by atoms with Crippen LogP contribution >= 0.6 is 0 Å². The van der Waals surface area contributed by atoms with E-state index >= 15 is 22.0 Å². The Kier molecular flexibility index (Phi) is 13.7. The van der Waals surface area contributed by atoms with Crippen LogP contribution in [0.4, 0.5) is 22.0 Å². The Bertz CT molecular complexity index is 5400. The Morgan fingerprint density at radius 2 is 0.548 bits per heavy atom. The highest BCUT2D eigenvalue weighted by Gasteiger charge is 2.31. The van der Waals surface area contributed by atoms with Crippen molar-refractivity contribution in [2.24, 2.45) is 0 Å². The van der Waals surface area contributed by atoms with Crippen LogP contribution in [0.3, 0.4) is 0 Å². The van der Waals surface area contributed by atoms with Gasteiger partial charge < -0.3 is 9.13 Å². The summed E-state index contributed by atoms with van der Waals surface area (Å²) in [5, 5.41) is 14.5. The van der Waals surface area contributed by atoms with Crippen LogP contribution < -0.4 is 0 Å². The second-order valence-corrected chi connectivity index (χ2v) is 22.7. The fourth-order valence-electron chi connectivity index (χ4n) is 12.9. The van der Waals surface area contributed by atoms with Crippen LogP contribution in [-0.4, -0.2) is 29.1 Å². The van der Waals surface area contributed by atoms with Gasteiger partial charge in [0.15, 0.2) is 23.3 Å². The van der Waals surface area contributed by atoms with E-state index in [0.717, 1.165) is 100 Å². The minimum atomic E-state index is -2.30. The largest absolute Gasteiger partial charge is 0.309 e. The molecule has 440 valence electrons. The zero-order valence-electron chi connectivity index (χ0n) is 49.1. The van der Waals surface area contributed by atoms with Crippen LogP contribution in [0.15, 0.2) is 280 Å². The van der Waals surface area contributed by atoms with E-state index in [-0.39, 0.29) is 22.5 Å². The molecule has 0 saturated heterocycles. The molecule has 0 radical (unpaired) electrons. The molecule has 0 aliphatic heterocycles.